The van der Waals surface area contributed by atoms with Gasteiger partial charge in [0.1, 0.15) is 11.0 Å². The van der Waals surface area contributed by atoms with Crippen LogP contribution < -0.4 is 4.90 Å². The molecule has 1 heterocycles. The summed E-state index contributed by atoms with van der Waals surface area (Å²) in [6.45, 7) is 4.78. The lowest BCUT2D eigenvalue weighted by molar-refractivity contribution is -0.141. The van der Waals surface area contributed by atoms with Gasteiger partial charge in [0.25, 0.3) is 0 Å². The first kappa shape index (κ1) is 24.0. The molecule has 0 saturated carbocycles. The van der Waals surface area contributed by atoms with E-state index in [9.17, 15) is 27.3 Å². The second-order valence-corrected chi connectivity index (χ2v) is 10.5. The highest BCUT2D eigenvalue weighted by Gasteiger charge is 2.38. The van der Waals surface area contributed by atoms with E-state index in [1.165, 1.54) is 12.1 Å². The van der Waals surface area contributed by atoms with Crippen molar-refractivity contribution in [2.45, 2.75) is 49.8 Å². The van der Waals surface area contributed by atoms with E-state index in [0.717, 1.165) is 17.2 Å². The molecule has 4 rings (SSSR count). The number of benzene rings is 2. The molecule has 1 N–H and O–H groups in total. The highest BCUT2D eigenvalue weighted by Crippen LogP contribution is 2.38. The van der Waals surface area contributed by atoms with Gasteiger partial charge in [0.05, 0.1) is 21.4 Å². The molecule has 2 aromatic carbocycles. The molecule has 4 unspecified atom stereocenters. The number of halogens is 4. The summed E-state index contributed by atoms with van der Waals surface area (Å²) in [5.41, 5.74) is 1.49. The molecule has 5 nitrogen and oxygen atoms in total. The molecule has 1 fully saturated rings. The van der Waals surface area contributed by atoms with Crippen LogP contribution >= 0.6 is 11.6 Å². The molecule has 2 aliphatic rings. The molecule has 4 atom stereocenters. The van der Waals surface area contributed by atoms with Crippen molar-refractivity contribution in [1.82, 2.24) is 4.31 Å². The van der Waals surface area contributed by atoms with Crippen molar-refractivity contribution in [1.29, 1.82) is 0 Å². The minimum Gasteiger partial charge on any atom is -0.481 e. The highest BCUT2D eigenvalue weighted by molar-refractivity contribution is 7.82. The number of alkyl halides is 3. The zero-order chi connectivity index (χ0) is 24.1. The number of hydrogen-bond acceptors (Lipinski definition) is 3. The van der Waals surface area contributed by atoms with Crippen LogP contribution in [0, 0.1) is 5.92 Å². The van der Waals surface area contributed by atoms with Gasteiger partial charge in [0.2, 0.25) is 0 Å². The van der Waals surface area contributed by atoms with Crippen molar-refractivity contribution < 1.29 is 27.3 Å². The number of carboxylic acids is 1. The Balaban J connectivity index is 1.55. The summed E-state index contributed by atoms with van der Waals surface area (Å²) in [6.07, 6.45) is -3.72. The Labute approximate surface area is 197 Å². The molecule has 0 spiro atoms. The summed E-state index contributed by atoms with van der Waals surface area (Å²) < 4.78 is 54.6. The van der Waals surface area contributed by atoms with Crippen molar-refractivity contribution in [3.63, 3.8) is 0 Å². The van der Waals surface area contributed by atoms with Gasteiger partial charge in [-0.15, -0.1) is 0 Å². The van der Waals surface area contributed by atoms with Crippen LogP contribution in [0.2, 0.25) is 5.02 Å². The first-order valence-electron chi connectivity index (χ1n) is 10.6. The molecule has 0 amide bonds. The van der Waals surface area contributed by atoms with E-state index >= 15 is 0 Å². The van der Waals surface area contributed by atoms with Crippen molar-refractivity contribution in [3.8, 4) is 0 Å². The van der Waals surface area contributed by atoms with Crippen molar-refractivity contribution in [2.24, 2.45) is 5.92 Å². The number of piperazine rings is 1. The van der Waals surface area contributed by atoms with Crippen LogP contribution in [-0.2, 0) is 34.8 Å². The van der Waals surface area contributed by atoms with Crippen molar-refractivity contribution >= 4 is 34.2 Å². The summed E-state index contributed by atoms with van der Waals surface area (Å²) in [5.74, 6) is -1.36. The smallest absolute Gasteiger partial charge is 0.417 e. The van der Waals surface area contributed by atoms with Gasteiger partial charge < -0.3 is 10.0 Å². The molecule has 33 heavy (non-hydrogen) atoms. The number of aliphatic carboxylic acids is 1. The van der Waals surface area contributed by atoms with Gasteiger partial charge in [0.15, 0.2) is 0 Å². The first-order chi connectivity index (χ1) is 15.5. The summed E-state index contributed by atoms with van der Waals surface area (Å²) in [4.78, 5) is 14.1. The minimum absolute atomic E-state index is 0.164. The fourth-order valence-electron chi connectivity index (χ4n) is 4.85. The zero-order valence-electron chi connectivity index (χ0n) is 18.1. The number of anilines is 1. The zero-order valence-corrected chi connectivity index (χ0v) is 19.7. The van der Waals surface area contributed by atoms with E-state index in [1.54, 1.807) is 6.07 Å². The second kappa shape index (κ2) is 8.92. The van der Waals surface area contributed by atoms with Gasteiger partial charge in [-0.1, -0.05) is 23.7 Å². The summed E-state index contributed by atoms with van der Waals surface area (Å²) >= 11 is 5.91. The predicted octanol–water partition coefficient (Wildman–Crippen LogP) is 4.78. The second-order valence-electron chi connectivity index (χ2n) is 8.71. The van der Waals surface area contributed by atoms with Crippen LogP contribution in [0.15, 0.2) is 41.3 Å². The third kappa shape index (κ3) is 4.63. The summed E-state index contributed by atoms with van der Waals surface area (Å²) in [6, 6.07) is 8.89. The molecular weight excluding hydrogens is 477 g/mol. The molecule has 0 bridgehead atoms. The first-order valence-corrected chi connectivity index (χ1v) is 12.1. The van der Waals surface area contributed by atoms with Gasteiger partial charge in [0, 0.05) is 30.9 Å². The lowest BCUT2D eigenvalue weighted by Gasteiger charge is -2.44. The van der Waals surface area contributed by atoms with Crippen LogP contribution in [-0.4, -0.2) is 44.8 Å². The number of carboxylic acid groups (broad SMARTS) is 1. The third-order valence-corrected chi connectivity index (χ3v) is 8.51. The maximum atomic E-state index is 13.6. The van der Waals surface area contributed by atoms with E-state index < -0.39 is 34.6 Å². The summed E-state index contributed by atoms with van der Waals surface area (Å²) in [5, 5.41) is 9.05. The molecule has 1 aliphatic heterocycles. The van der Waals surface area contributed by atoms with E-state index in [0.29, 0.717) is 36.5 Å². The number of nitrogens with zero attached hydrogens (tertiary/aromatic N) is 2. The lowest BCUT2D eigenvalue weighted by atomic mass is 10.1. The van der Waals surface area contributed by atoms with Crippen molar-refractivity contribution in [2.75, 3.05) is 18.0 Å². The van der Waals surface area contributed by atoms with E-state index in [2.05, 4.69) is 0 Å². The standard InChI is InChI=1S/C23H24ClF3N2O3S/c1-13-11-28(17-6-7-19(20(24)10-17)23(25,26)27)12-14(2)29(13)33(32)21-5-3-4-15-8-16(22(30)31)9-18(15)21/h3-7,10,13-14,16H,8-9,11-12H2,1-2H3,(H,30,31). The van der Waals surface area contributed by atoms with E-state index in [1.807, 2.05) is 35.2 Å². The van der Waals surface area contributed by atoms with Crippen LogP contribution in [0.4, 0.5) is 18.9 Å². The summed E-state index contributed by atoms with van der Waals surface area (Å²) in [7, 11) is -1.49. The Kier molecular flexibility index (Phi) is 6.50. The Bertz CT molecular complexity index is 1100. The number of carbonyl (C=O) groups is 1. The van der Waals surface area contributed by atoms with Crippen LogP contribution in [0.5, 0.6) is 0 Å². The van der Waals surface area contributed by atoms with E-state index in [-0.39, 0.29) is 17.1 Å². The topological polar surface area (TPSA) is 60.9 Å². The molecule has 1 saturated heterocycles. The molecular formula is C23H24ClF3N2O3S. The van der Waals surface area contributed by atoms with Gasteiger partial charge in [-0.05, 0) is 62.1 Å². The largest absolute Gasteiger partial charge is 0.481 e. The fraction of sp³-hybridized carbons (Fsp3) is 0.435. The monoisotopic (exact) mass is 500 g/mol. The number of fused-ring (bicyclic) bond motifs is 1. The Hall–Kier alpha value is -2.10. The van der Waals surface area contributed by atoms with Crippen molar-refractivity contribution in [3.05, 3.63) is 58.1 Å². The van der Waals surface area contributed by atoms with Gasteiger partial charge >= 0.3 is 12.1 Å². The SMILES string of the molecule is CC1CN(c2ccc(C(F)(F)F)c(Cl)c2)CC(C)N1S(=O)c1cccc2c1CC(C(=O)O)C2. The Morgan fingerprint density at radius 1 is 1.12 bits per heavy atom. The van der Waals surface area contributed by atoms with Gasteiger partial charge in [-0.25, -0.2) is 8.51 Å². The average Bonchev–Trinajstić information content (AvgIpc) is 3.17. The molecule has 1 aliphatic carbocycles. The molecule has 178 valence electrons. The van der Waals surface area contributed by atoms with Crippen LogP contribution in [0.3, 0.4) is 0 Å². The quantitative estimate of drug-likeness (QED) is 0.656. The third-order valence-electron chi connectivity index (χ3n) is 6.34. The van der Waals surface area contributed by atoms with Gasteiger partial charge in [-0.3, -0.25) is 4.79 Å². The average molecular weight is 501 g/mol. The molecule has 10 heteroatoms. The Morgan fingerprint density at radius 3 is 2.36 bits per heavy atom. The fourth-order valence-corrected chi connectivity index (χ4v) is 6.76. The minimum atomic E-state index is -4.51. The van der Waals surface area contributed by atoms with E-state index in [4.69, 9.17) is 11.6 Å². The molecule has 0 aromatic heterocycles. The number of hydrogen-bond donors (Lipinski definition) is 1. The highest BCUT2D eigenvalue weighted by atomic mass is 35.5. The molecule has 0 radical (unpaired) electrons. The van der Waals surface area contributed by atoms with Crippen LogP contribution in [0.1, 0.15) is 30.5 Å². The Morgan fingerprint density at radius 2 is 1.79 bits per heavy atom. The predicted molar refractivity (Wildman–Crippen MR) is 121 cm³/mol. The van der Waals surface area contributed by atoms with Crippen LogP contribution in [0.25, 0.3) is 0 Å². The lowest BCUT2D eigenvalue weighted by Crippen LogP contribution is -2.57. The maximum Gasteiger partial charge on any atom is 0.417 e. The normalized spacial score (nSPS) is 24.5. The molecule has 2 aromatic rings. The number of rotatable bonds is 4. The van der Waals surface area contributed by atoms with Gasteiger partial charge in [-0.2, -0.15) is 13.2 Å². The maximum absolute atomic E-state index is 13.6.